The molecule has 0 atom stereocenters. The quantitative estimate of drug-likeness (QED) is 0.777. The molecule has 1 amide bonds. The van der Waals surface area contributed by atoms with Gasteiger partial charge in [0.25, 0.3) is 5.91 Å². The number of carbonyl (C=O) groups is 1. The summed E-state index contributed by atoms with van der Waals surface area (Å²) in [5.41, 5.74) is 5.79. The number of carbonyl (C=O) groups excluding carboxylic acids is 1. The van der Waals surface area contributed by atoms with Gasteiger partial charge in [0, 0.05) is 12.0 Å². The number of furan rings is 1. The van der Waals surface area contributed by atoms with Crippen molar-refractivity contribution in [2.24, 2.45) is 11.1 Å². The molecule has 0 radical (unpaired) electrons. The molecular weight excluding hydrogens is 192 g/mol. The topological polar surface area (TPSA) is 68.3 Å². The van der Waals surface area contributed by atoms with Gasteiger partial charge in [-0.05, 0) is 38.4 Å². The Bertz CT molecular complexity index is 366. The number of aryl methyl sites for hydroxylation is 1. The summed E-state index contributed by atoms with van der Waals surface area (Å²) in [6.07, 6.45) is 2.22. The van der Waals surface area contributed by atoms with Crippen LogP contribution >= 0.6 is 0 Å². The molecule has 0 aromatic carbocycles. The van der Waals surface area contributed by atoms with Crippen LogP contribution in [0.25, 0.3) is 0 Å². The van der Waals surface area contributed by atoms with Gasteiger partial charge < -0.3 is 15.5 Å². The van der Waals surface area contributed by atoms with Gasteiger partial charge in [0.05, 0.1) is 0 Å². The number of hydrogen-bond donors (Lipinski definition) is 2. The lowest BCUT2D eigenvalue weighted by Crippen LogP contribution is -2.33. The number of hydrogen-bond acceptors (Lipinski definition) is 3. The normalized spacial score (nSPS) is 17.5. The van der Waals surface area contributed by atoms with Gasteiger partial charge in [0.1, 0.15) is 5.76 Å². The molecule has 1 aliphatic carbocycles. The highest BCUT2D eigenvalue weighted by atomic mass is 16.3. The van der Waals surface area contributed by atoms with E-state index in [1.165, 1.54) is 0 Å². The zero-order valence-electron chi connectivity index (χ0n) is 8.88. The summed E-state index contributed by atoms with van der Waals surface area (Å²) in [5, 5.41) is 2.85. The summed E-state index contributed by atoms with van der Waals surface area (Å²) in [6.45, 7) is 3.12. The molecular formula is C11H16N2O2. The maximum absolute atomic E-state index is 11.6. The summed E-state index contributed by atoms with van der Waals surface area (Å²) in [7, 11) is 0. The molecule has 15 heavy (non-hydrogen) atoms. The second-order valence-electron chi connectivity index (χ2n) is 4.30. The molecule has 1 aromatic rings. The van der Waals surface area contributed by atoms with Crippen LogP contribution in [0.4, 0.5) is 0 Å². The third-order valence-electron chi connectivity index (χ3n) is 2.98. The highest BCUT2D eigenvalue weighted by molar-refractivity contribution is 5.91. The average molecular weight is 208 g/mol. The lowest BCUT2D eigenvalue weighted by atomic mass is 10.1. The highest BCUT2D eigenvalue weighted by Gasteiger charge is 2.41. The minimum absolute atomic E-state index is 0.150. The third kappa shape index (κ3) is 2.21. The van der Waals surface area contributed by atoms with Crippen LogP contribution in [0.5, 0.6) is 0 Å². The third-order valence-corrected chi connectivity index (χ3v) is 2.98. The fourth-order valence-corrected chi connectivity index (χ4v) is 1.54. The predicted octanol–water partition coefficient (Wildman–Crippen LogP) is 1.06. The Morgan fingerprint density at radius 2 is 2.33 bits per heavy atom. The average Bonchev–Trinajstić information content (AvgIpc) is 2.90. The van der Waals surface area contributed by atoms with Crippen molar-refractivity contribution in [2.75, 3.05) is 13.1 Å². The summed E-state index contributed by atoms with van der Waals surface area (Å²) in [5.74, 6) is 0.975. The molecule has 0 unspecified atom stereocenters. The molecule has 1 fully saturated rings. The first-order valence-electron chi connectivity index (χ1n) is 5.20. The van der Waals surface area contributed by atoms with Crippen LogP contribution in [0.1, 0.15) is 29.2 Å². The van der Waals surface area contributed by atoms with Gasteiger partial charge in [0.15, 0.2) is 5.76 Å². The van der Waals surface area contributed by atoms with E-state index in [9.17, 15) is 4.79 Å². The van der Waals surface area contributed by atoms with E-state index in [1.807, 2.05) is 6.92 Å². The zero-order chi connectivity index (χ0) is 10.9. The van der Waals surface area contributed by atoms with E-state index in [0.29, 0.717) is 18.8 Å². The molecule has 1 saturated carbocycles. The van der Waals surface area contributed by atoms with Crippen molar-refractivity contribution in [2.45, 2.75) is 19.8 Å². The summed E-state index contributed by atoms with van der Waals surface area (Å²) >= 11 is 0. The Hall–Kier alpha value is -1.29. The van der Waals surface area contributed by atoms with E-state index >= 15 is 0 Å². The van der Waals surface area contributed by atoms with Gasteiger partial charge in [-0.3, -0.25) is 4.79 Å². The first kappa shape index (κ1) is 10.2. The number of rotatable bonds is 4. The van der Waals surface area contributed by atoms with E-state index < -0.39 is 0 Å². The number of nitrogens with one attached hydrogen (secondary N) is 1. The highest BCUT2D eigenvalue weighted by Crippen LogP contribution is 2.43. The molecule has 82 valence electrons. The van der Waals surface area contributed by atoms with Gasteiger partial charge in [-0.2, -0.15) is 0 Å². The van der Waals surface area contributed by atoms with Gasteiger partial charge in [0.2, 0.25) is 0 Å². The Morgan fingerprint density at radius 3 is 2.80 bits per heavy atom. The maximum atomic E-state index is 11.6. The van der Waals surface area contributed by atoms with Gasteiger partial charge in [-0.1, -0.05) is 0 Å². The van der Waals surface area contributed by atoms with E-state index in [4.69, 9.17) is 10.2 Å². The number of nitrogens with two attached hydrogens (primary N) is 1. The first-order valence-corrected chi connectivity index (χ1v) is 5.20. The fraction of sp³-hybridized carbons (Fsp3) is 0.545. The molecule has 4 heteroatoms. The van der Waals surface area contributed by atoms with E-state index in [-0.39, 0.29) is 11.3 Å². The van der Waals surface area contributed by atoms with Crippen LogP contribution in [0.2, 0.25) is 0 Å². The minimum atomic E-state index is -0.150. The van der Waals surface area contributed by atoms with Crippen molar-refractivity contribution in [3.63, 3.8) is 0 Å². The molecule has 3 N–H and O–H groups in total. The van der Waals surface area contributed by atoms with E-state index in [1.54, 1.807) is 12.1 Å². The van der Waals surface area contributed by atoms with Crippen LogP contribution in [0.3, 0.4) is 0 Å². The van der Waals surface area contributed by atoms with Crippen molar-refractivity contribution in [1.29, 1.82) is 0 Å². The molecule has 0 aliphatic heterocycles. The van der Waals surface area contributed by atoms with Crippen molar-refractivity contribution < 1.29 is 9.21 Å². The zero-order valence-corrected chi connectivity index (χ0v) is 8.88. The van der Waals surface area contributed by atoms with E-state index in [0.717, 1.165) is 18.6 Å². The monoisotopic (exact) mass is 208 g/mol. The smallest absolute Gasteiger partial charge is 0.287 e. The molecule has 0 spiro atoms. The lowest BCUT2D eigenvalue weighted by Gasteiger charge is -2.12. The Balaban J connectivity index is 1.88. The standard InChI is InChI=1S/C11H16N2O2/c1-8-2-3-9(15-8)10(14)13-7-11(6-12)4-5-11/h2-3H,4-7,12H2,1H3,(H,13,14). The lowest BCUT2D eigenvalue weighted by molar-refractivity contribution is 0.0916. The number of amides is 1. The van der Waals surface area contributed by atoms with Crippen LogP contribution < -0.4 is 11.1 Å². The predicted molar refractivity (Wildman–Crippen MR) is 56.5 cm³/mol. The van der Waals surface area contributed by atoms with Crippen molar-refractivity contribution >= 4 is 5.91 Å². The first-order chi connectivity index (χ1) is 7.15. The Morgan fingerprint density at radius 1 is 1.60 bits per heavy atom. The van der Waals surface area contributed by atoms with Gasteiger partial charge in [-0.15, -0.1) is 0 Å². The van der Waals surface area contributed by atoms with Crippen LogP contribution in [0.15, 0.2) is 16.5 Å². The molecule has 1 aromatic heterocycles. The SMILES string of the molecule is Cc1ccc(C(=O)NCC2(CN)CC2)o1. The van der Waals surface area contributed by atoms with E-state index in [2.05, 4.69) is 5.32 Å². The Labute approximate surface area is 88.8 Å². The Kier molecular flexibility index (Phi) is 2.52. The molecule has 4 nitrogen and oxygen atoms in total. The molecule has 2 rings (SSSR count). The second kappa shape index (κ2) is 3.70. The van der Waals surface area contributed by atoms with Crippen LogP contribution in [-0.2, 0) is 0 Å². The van der Waals surface area contributed by atoms with Crippen molar-refractivity contribution in [1.82, 2.24) is 5.32 Å². The second-order valence-corrected chi connectivity index (χ2v) is 4.30. The van der Waals surface area contributed by atoms with Crippen molar-refractivity contribution in [3.05, 3.63) is 23.7 Å². The van der Waals surface area contributed by atoms with Gasteiger partial charge in [-0.25, -0.2) is 0 Å². The molecule has 0 saturated heterocycles. The summed E-state index contributed by atoms with van der Waals surface area (Å²) in [6, 6.07) is 3.47. The van der Waals surface area contributed by atoms with Crippen LogP contribution in [0, 0.1) is 12.3 Å². The molecule has 1 aliphatic rings. The summed E-state index contributed by atoms with van der Waals surface area (Å²) in [4.78, 5) is 11.6. The summed E-state index contributed by atoms with van der Waals surface area (Å²) < 4.78 is 5.22. The fourth-order valence-electron chi connectivity index (χ4n) is 1.54. The van der Waals surface area contributed by atoms with Crippen molar-refractivity contribution in [3.8, 4) is 0 Å². The molecule has 1 heterocycles. The van der Waals surface area contributed by atoms with Crippen LogP contribution in [-0.4, -0.2) is 19.0 Å². The largest absolute Gasteiger partial charge is 0.456 e. The minimum Gasteiger partial charge on any atom is -0.456 e. The van der Waals surface area contributed by atoms with Gasteiger partial charge >= 0.3 is 0 Å². The maximum Gasteiger partial charge on any atom is 0.287 e. The molecule has 0 bridgehead atoms.